The summed E-state index contributed by atoms with van der Waals surface area (Å²) < 4.78 is 0. The van der Waals surface area contributed by atoms with Gasteiger partial charge in [0.25, 0.3) is 0 Å². The third kappa shape index (κ3) is 2.61. The number of pyridine rings is 2. The van der Waals surface area contributed by atoms with Crippen LogP contribution in [0.5, 0.6) is 0 Å². The number of thiophene rings is 1. The summed E-state index contributed by atoms with van der Waals surface area (Å²) >= 11 is 1.68. The first-order valence-corrected chi connectivity index (χ1v) is 9.86. The minimum absolute atomic E-state index is 0.732. The molecule has 0 aliphatic heterocycles. The van der Waals surface area contributed by atoms with Gasteiger partial charge in [-0.2, -0.15) is 5.10 Å². The van der Waals surface area contributed by atoms with E-state index in [0.29, 0.717) is 0 Å². The number of hydrogen-bond acceptors (Lipinski definition) is 6. The molecule has 0 bridgehead atoms. The zero-order valence-corrected chi connectivity index (χ0v) is 15.8. The van der Waals surface area contributed by atoms with Crippen molar-refractivity contribution < 1.29 is 0 Å². The number of nitrogens with one attached hydrogen (secondary N) is 2. The van der Waals surface area contributed by atoms with Crippen molar-refractivity contribution >= 4 is 33.3 Å². The molecule has 6 rings (SSSR count). The molecule has 0 spiro atoms. The fourth-order valence-electron chi connectivity index (χ4n) is 3.51. The van der Waals surface area contributed by atoms with E-state index in [2.05, 4.69) is 58.7 Å². The lowest BCUT2D eigenvalue weighted by molar-refractivity contribution is 1.10. The zero-order chi connectivity index (χ0) is 19.2. The first-order valence-electron chi connectivity index (χ1n) is 8.98. The number of fused-ring (bicyclic) bond motifs is 2. The molecule has 138 valence electrons. The second-order valence-corrected chi connectivity index (χ2v) is 7.55. The highest BCUT2D eigenvalue weighted by atomic mass is 32.1. The van der Waals surface area contributed by atoms with Crippen molar-refractivity contribution in [2.24, 2.45) is 0 Å². The van der Waals surface area contributed by atoms with Gasteiger partial charge in [-0.3, -0.25) is 10.1 Å². The first kappa shape index (κ1) is 16.1. The Balaban J connectivity index is 1.53. The van der Waals surface area contributed by atoms with Gasteiger partial charge in [-0.1, -0.05) is 6.07 Å². The molecule has 0 radical (unpaired) electrons. The molecule has 6 aromatic rings. The van der Waals surface area contributed by atoms with Crippen LogP contribution in [-0.4, -0.2) is 35.1 Å². The molecule has 6 aromatic heterocycles. The monoisotopic (exact) mass is 395 g/mol. The molecule has 0 fully saturated rings. The Morgan fingerprint density at radius 1 is 0.862 bits per heavy atom. The Morgan fingerprint density at radius 3 is 2.66 bits per heavy atom. The summed E-state index contributed by atoms with van der Waals surface area (Å²) in [6.07, 6.45) is 8.69. The van der Waals surface area contributed by atoms with E-state index in [1.54, 1.807) is 29.9 Å². The normalized spacial score (nSPS) is 11.4. The molecule has 0 unspecified atom stereocenters. The van der Waals surface area contributed by atoms with E-state index in [-0.39, 0.29) is 0 Å². The molecule has 0 saturated heterocycles. The molecule has 0 aliphatic carbocycles. The third-order valence-electron chi connectivity index (χ3n) is 4.87. The van der Waals surface area contributed by atoms with Gasteiger partial charge in [0.1, 0.15) is 12.0 Å². The van der Waals surface area contributed by atoms with Crippen LogP contribution in [0.15, 0.2) is 66.8 Å². The fourth-order valence-corrected chi connectivity index (χ4v) is 4.24. The Morgan fingerprint density at radius 2 is 1.79 bits per heavy atom. The Labute approximate surface area is 168 Å². The summed E-state index contributed by atoms with van der Waals surface area (Å²) in [5.74, 6) is 0. The lowest BCUT2D eigenvalue weighted by atomic mass is 10.1. The Bertz CT molecular complexity index is 1450. The molecule has 8 heteroatoms. The van der Waals surface area contributed by atoms with Gasteiger partial charge in [-0.05, 0) is 29.6 Å². The zero-order valence-electron chi connectivity index (χ0n) is 15.0. The largest absolute Gasteiger partial charge is 0.353 e. The lowest BCUT2D eigenvalue weighted by Crippen LogP contribution is -1.85. The molecule has 0 aromatic carbocycles. The average molecular weight is 395 g/mol. The van der Waals surface area contributed by atoms with E-state index in [4.69, 9.17) is 0 Å². The number of aromatic nitrogens is 7. The molecule has 7 nitrogen and oxygen atoms in total. The third-order valence-corrected chi connectivity index (χ3v) is 5.74. The Kier molecular flexibility index (Phi) is 3.50. The van der Waals surface area contributed by atoms with Gasteiger partial charge in [-0.25, -0.2) is 15.0 Å². The molecular weight excluding hydrogens is 382 g/mol. The van der Waals surface area contributed by atoms with Gasteiger partial charge >= 0.3 is 0 Å². The van der Waals surface area contributed by atoms with E-state index in [1.807, 2.05) is 18.3 Å². The van der Waals surface area contributed by atoms with Gasteiger partial charge in [0, 0.05) is 52.2 Å². The predicted molar refractivity (Wildman–Crippen MR) is 113 cm³/mol. The molecule has 0 amide bonds. The van der Waals surface area contributed by atoms with Gasteiger partial charge in [-0.15, -0.1) is 11.3 Å². The van der Waals surface area contributed by atoms with Crippen LogP contribution in [0.1, 0.15) is 0 Å². The van der Waals surface area contributed by atoms with Crippen LogP contribution in [0, 0.1) is 0 Å². The molecule has 0 aliphatic rings. The number of aromatic amines is 2. The fraction of sp³-hybridized carbons (Fsp3) is 0. The molecule has 0 atom stereocenters. The van der Waals surface area contributed by atoms with Crippen LogP contribution in [0.25, 0.3) is 55.0 Å². The molecule has 2 N–H and O–H groups in total. The maximum Gasteiger partial charge on any atom is 0.155 e. The van der Waals surface area contributed by atoms with Gasteiger partial charge in [0.05, 0.1) is 16.3 Å². The summed E-state index contributed by atoms with van der Waals surface area (Å²) in [6, 6.07) is 10.3. The van der Waals surface area contributed by atoms with Crippen molar-refractivity contribution in [2.75, 3.05) is 0 Å². The minimum atomic E-state index is 0.732. The lowest BCUT2D eigenvalue weighted by Gasteiger charge is -2.00. The van der Waals surface area contributed by atoms with Gasteiger partial charge in [0.2, 0.25) is 0 Å². The van der Waals surface area contributed by atoms with E-state index in [0.717, 1.165) is 55.0 Å². The van der Waals surface area contributed by atoms with E-state index >= 15 is 0 Å². The summed E-state index contributed by atoms with van der Waals surface area (Å²) in [7, 11) is 0. The van der Waals surface area contributed by atoms with Crippen molar-refractivity contribution in [1.29, 1.82) is 0 Å². The van der Waals surface area contributed by atoms with Crippen LogP contribution in [0.4, 0.5) is 0 Å². The quantitative estimate of drug-likeness (QED) is 0.453. The van der Waals surface area contributed by atoms with Gasteiger partial charge < -0.3 is 4.98 Å². The van der Waals surface area contributed by atoms with Crippen molar-refractivity contribution in [2.45, 2.75) is 0 Å². The SMILES string of the molecule is c1csc(-c2nccc3[nH]c(-c4n[nH]c5ncc(-c6cncnc6)cc45)cc23)c1. The predicted octanol–water partition coefficient (Wildman–Crippen LogP) is 4.69. The van der Waals surface area contributed by atoms with Crippen LogP contribution < -0.4 is 0 Å². The first-order chi connectivity index (χ1) is 14.4. The van der Waals surface area contributed by atoms with Gasteiger partial charge in [0.15, 0.2) is 5.65 Å². The number of nitrogens with zero attached hydrogens (tertiary/aromatic N) is 5. The number of rotatable bonds is 3. The van der Waals surface area contributed by atoms with Crippen LogP contribution in [0.3, 0.4) is 0 Å². The number of H-pyrrole nitrogens is 2. The van der Waals surface area contributed by atoms with Crippen molar-refractivity contribution in [1.82, 2.24) is 35.1 Å². The molecule has 6 heterocycles. The topological polar surface area (TPSA) is 96.0 Å². The summed E-state index contributed by atoms with van der Waals surface area (Å²) in [4.78, 5) is 21.9. The van der Waals surface area contributed by atoms with Crippen molar-refractivity contribution in [3.8, 4) is 33.1 Å². The summed E-state index contributed by atoms with van der Waals surface area (Å²) in [5.41, 5.74) is 6.32. The van der Waals surface area contributed by atoms with Crippen LogP contribution in [-0.2, 0) is 0 Å². The highest BCUT2D eigenvalue weighted by Gasteiger charge is 2.15. The maximum absolute atomic E-state index is 4.60. The highest BCUT2D eigenvalue weighted by molar-refractivity contribution is 7.13. The average Bonchev–Trinajstić information content (AvgIpc) is 3.52. The summed E-state index contributed by atoms with van der Waals surface area (Å²) in [6.45, 7) is 0. The standard InChI is InChI=1S/C21H13N7S/c1-2-18(29-5-1)20-14-7-17(26-16(14)3-4-24-20)19-15-6-12(10-25-21(15)28-27-19)13-8-22-11-23-9-13/h1-11,26H,(H,25,27,28). The molecule has 0 saturated carbocycles. The Hall–Kier alpha value is -3.91. The van der Waals surface area contributed by atoms with E-state index < -0.39 is 0 Å². The van der Waals surface area contributed by atoms with Crippen molar-refractivity contribution in [3.05, 3.63) is 66.8 Å². The van der Waals surface area contributed by atoms with Crippen molar-refractivity contribution in [3.63, 3.8) is 0 Å². The minimum Gasteiger partial charge on any atom is -0.353 e. The van der Waals surface area contributed by atoms with Crippen LogP contribution in [0.2, 0.25) is 0 Å². The smallest absolute Gasteiger partial charge is 0.155 e. The summed E-state index contributed by atoms with van der Waals surface area (Å²) in [5, 5.41) is 11.6. The van der Waals surface area contributed by atoms with E-state index in [9.17, 15) is 0 Å². The number of hydrogen-bond donors (Lipinski definition) is 2. The molecule has 29 heavy (non-hydrogen) atoms. The highest BCUT2D eigenvalue weighted by Crippen LogP contribution is 2.34. The van der Waals surface area contributed by atoms with Crippen LogP contribution >= 0.6 is 11.3 Å². The molecular formula is C21H13N7S. The van der Waals surface area contributed by atoms with E-state index in [1.165, 1.54) is 6.33 Å². The second-order valence-electron chi connectivity index (χ2n) is 6.60. The maximum atomic E-state index is 4.60. The second kappa shape index (κ2) is 6.32.